The number of nitrogens with one attached hydrogen (secondary N) is 1. The van der Waals surface area contributed by atoms with Crippen LogP contribution in [0.5, 0.6) is 34.5 Å². The van der Waals surface area contributed by atoms with E-state index < -0.39 is 57.1 Å². The summed E-state index contributed by atoms with van der Waals surface area (Å²) in [6, 6.07) is 61.4. The Hall–Kier alpha value is -13.6. The van der Waals surface area contributed by atoms with E-state index in [1.54, 1.807) is 33.8 Å². The molecule has 0 radical (unpaired) electrons. The fourth-order valence-electron chi connectivity index (χ4n) is 22.2. The van der Waals surface area contributed by atoms with E-state index in [-0.39, 0.29) is 101 Å². The number of aliphatic hydroxyl groups is 2. The van der Waals surface area contributed by atoms with Gasteiger partial charge in [0, 0.05) is 47.0 Å². The molecule has 0 aromatic heterocycles. The zero-order valence-electron chi connectivity index (χ0n) is 85.1. The van der Waals surface area contributed by atoms with Crippen molar-refractivity contribution < 1.29 is 109 Å². The van der Waals surface area contributed by atoms with Crippen molar-refractivity contribution in [1.29, 1.82) is 0 Å². The summed E-state index contributed by atoms with van der Waals surface area (Å²) in [6.07, 6.45) is 8.91. The molecule has 147 heavy (non-hydrogen) atoms. The van der Waals surface area contributed by atoms with Gasteiger partial charge in [0.15, 0.2) is 0 Å². The van der Waals surface area contributed by atoms with E-state index in [9.17, 15) is 62.3 Å². The summed E-state index contributed by atoms with van der Waals surface area (Å²) in [5.74, 6) is -1.08. The van der Waals surface area contributed by atoms with E-state index in [0.717, 1.165) is 142 Å². The number of fused-ring (bicyclic) bond motifs is 4. The van der Waals surface area contributed by atoms with Crippen LogP contribution in [0.25, 0.3) is 44.5 Å². The van der Waals surface area contributed by atoms with E-state index >= 15 is 13.2 Å². The summed E-state index contributed by atoms with van der Waals surface area (Å²) in [4.78, 5) is 57.3. The van der Waals surface area contributed by atoms with Crippen LogP contribution in [0.2, 0.25) is 0 Å². The third-order valence-corrected chi connectivity index (χ3v) is 30.9. The molecule has 8 aliphatic rings. The molecule has 0 spiro atoms. The van der Waals surface area contributed by atoms with Crippen molar-refractivity contribution in [2.45, 2.75) is 232 Å². The molecule has 12 atom stereocenters. The number of halogens is 4. The fraction of sp³-hybridized carbons (Fsp3) is 0.369. The number of carboxylic acids is 4. The SMILES string of the molecule is Cc1cc(C(=O)NCC(C)(C)O)cc(C)c1-c1ccc(F)c2c1CC[C@H]2Oc1ccc([C@H]2C[C@@H]2C(=O)O)cc1.Cc1cc(OCCC(C)(C)O)cc(C)c1-c1ccc(F)c2c1CC[C@H]2Oc1ccc([C@H]2C[C@@H]2C(=O)O)cc1.Cc1cc(OCCCS(C)(=O)=O)cc(C)c1-c1ccc(F)c2c1CC[C@H]2Oc1ccc([C@H]2C[C@@H]2C(=O)O)cc1.Cc1cccc(C)c1-c1ccc(F)c2c1CC[C@H]2Oc1ccc(C2CC2C(=O)O)cc1. The molecule has 2 unspecified atom stereocenters. The van der Waals surface area contributed by atoms with Gasteiger partial charge in [0.25, 0.3) is 5.91 Å². The maximum absolute atomic E-state index is 15.2. The molecule has 25 heteroatoms. The Morgan fingerprint density at radius 3 is 0.871 bits per heavy atom. The third kappa shape index (κ3) is 24.1. The lowest BCUT2D eigenvalue weighted by molar-refractivity contribution is -0.139. The zero-order chi connectivity index (χ0) is 105. The number of hydrogen-bond acceptors (Lipinski definition) is 15. The van der Waals surface area contributed by atoms with E-state index in [0.29, 0.717) is 140 Å². The number of aryl methyl sites for hydroxylation is 8. The molecule has 0 aliphatic heterocycles. The molecule has 12 aromatic carbocycles. The smallest absolute Gasteiger partial charge is 0.307 e. The van der Waals surface area contributed by atoms with Gasteiger partial charge < -0.3 is 64.4 Å². The molecular formula is C122H127F4NO19S. The van der Waals surface area contributed by atoms with Crippen LogP contribution in [0.1, 0.15) is 262 Å². The van der Waals surface area contributed by atoms with Crippen molar-refractivity contribution in [3.8, 4) is 79.0 Å². The van der Waals surface area contributed by atoms with Crippen molar-refractivity contribution in [2.24, 2.45) is 23.7 Å². The highest BCUT2D eigenvalue weighted by Crippen LogP contribution is 2.55. The second kappa shape index (κ2) is 43.1. The number of hydrogen-bond donors (Lipinski definition) is 7. The highest BCUT2D eigenvalue weighted by atomic mass is 32.2. The van der Waals surface area contributed by atoms with Crippen molar-refractivity contribution >= 4 is 39.6 Å². The number of carboxylic acid groups (broad SMARTS) is 4. The van der Waals surface area contributed by atoms with E-state index in [1.165, 1.54) is 41.1 Å². The molecule has 7 N–H and O–H groups in total. The molecular weight excluding hydrogens is 1890 g/mol. The Bertz CT molecular complexity index is 7080. The normalized spacial score (nSPS) is 20.3. The second-order valence-corrected chi connectivity index (χ2v) is 44.6. The maximum atomic E-state index is 15.2. The van der Waals surface area contributed by atoms with Crippen molar-refractivity contribution in [3.05, 3.63) is 340 Å². The minimum atomic E-state index is -3.02. The summed E-state index contributed by atoms with van der Waals surface area (Å²) in [6.45, 7) is 23.9. The van der Waals surface area contributed by atoms with Crippen molar-refractivity contribution in [2.75, 3.05) is 31.8 Å². The van der Waals surface area contributed by atoms with E-state index in [1.807, 2.05) is 205 Å². The molecule has 4 fully saturated rings. The predicted octanol–water partition coefficient (Wildman–Crippen LogP) is 25.3. The number of rotatable bonds is 32. The number of amides is 1. The number of ether oxygens (including phenoxy) is 6. The van der Waals surface area contributed by atoms with Crippen LogP contribution < -0.4 is 33.7 Å². The average molecular weight is 2020 g/mol. The third-order valence-electron chi connectivity index (χ3n) is 29.9. The highest BCUT2D eigenvalue weighted by Gasteiger charge is 2.48. The number of aliphatic carboxylic acids is 4. The summed E-state index contributed by atoms with van der Waals surface area (Å²) in [5.41, 5.74) is 25.7. The van der Waals surface area contributed by atoms with Crippen LogP contribution >= 0.6 is 0 Å². The first-order chi connectivity index (χ1) is 69.9. The lowest BCUT2D eigenvalue weighted by Gasteiger charge is -2.20. The zero-order valence-corrected chi connectivity index (χ0v) is 85.9. The first-order valence-electron chi connectivity index (χ1n) is 50.7. The quantitative estimate of drug-likeness (QED) is 0.0152. The topological polar surface area (TPSA) is 308 Å². The van der Waals surface area contributed by atoms with Crippen LogP contribution in [0, 0.1) is 102 Å². The minimum Gasteiger partial charge on any atom is -0.494 e. The maximum Gasteiger partial charge on any atom is 0.307 e. The lowest BCUT2D eigenvalue weighted by atomic mass is 9.89. The van der Waals surface area contributed by atoms with Crippen molar-refractivity contribution in [1.82, 2.24) is 5.32 Å². The van der Waals surface area contributed by atoms with Crippen LogP contribution in [0.15, 0.2) is 200 Å². The van der Waals surface area contributed by atoms with E-state index in [4.69, 9.17) is 33.5 Å². The average Bonchev–Trinajstić information content (AvgIpc) is 1.66. The van der Waals surface area contributed by atoms with Crippen molar-refractivity contribution in [3.63, 3.8) is 0 Å². The minimum absolute atomic E-state index is 0.0502. The first-order valence-corrected chi connectivity index (χ1v) is 52.8. The highest BCUT2D eigenvalue weighted by molar-refractivity contribution is 7.90. The first kappa shape index (κ1) is 105. The van der Waals surface area contributed by atoms with E-state index in [2.05, 4.69) is 31.3 Å². The molecule has 20 rings (SSSR count). The van der Waals surface area contributed by atoms with Gasteiger partial charge in [-0.2, -0.15) is 0 Å². The lowest BCUT2D eigenvalue weighted by Crippen LogP contribution is -2.38. The van der Waals surface area contributed by atoms with Gasteiger partial charge in [0.1, 0.15) is 92.0 Å². The Balaban J connectivity index is 0.000000134. The Kier molecular flexibility index (Phi) is 30.7. The van der Waals surface area contributed by atoms with Gasteiger partial charge in [-0.15, -0.1) is 0 Å². The Labute approximate surface area is 855 Å². The molecule has 8 aliphatic carbocycles. The number of carbonyl (C=O) groups is 5. The number of benzene rings is 12. The molecule has 20 nitrogen and oxygen atoms in total. The second-order valence-electron chi connectivity index (χ2n) is 42.3. The van der Waals surface area contributed by atoms with Gasteiger partial charge in [-0.1, -0.05) is 91.0 Å². The molecule has 4 saturated carbocycles. The van der Waals surface area contributed by atoms with Crippen LogP contribution in [-0.2, 0) is 54.7 Å². The summed E-state index contributed by atoms with van der Waals surface area (Å²) < 4.78 is 120. The van der Waals surface area contributed by atoms with Gasteiger partial charge in [0.05, 0.1) is 53.8 Å². The summed E-state index contributed by atoms with van der Waals surface area (Å²) in [5, 5.41) is 59.3. The molecule has 0 saturated heterocycles. The van der Waals surface area contributed by atoms with Gasteiger partial charge in [0.2, 0.25) is 0 Å². The van der Waals surface area contributed by atoms with Crippen LogP contribution in [-0.4, -0.2) is 112 Å². The number of sulfone groups is 1. The number of carbonyl (C=O) groups excluding carboxylic acids is 1. The Morgan fingerprint density at radius 2 is 0.619 bits per heavy atom. The standard InChI is InChI=1S/C32H34FNO5.C32H35FO5.C31H33FO6S.C27H25FO3/c1-17-13-20(30(35)34-16-32(3,4)38)14-18(2)28(17)22-9-11-26(33)29-23(22)10-12-27(29)39-21-7-5-19(6-8-21)24-15-25(24)31(36)37;1-18-15-22(37-14-13-32(3,4)36)16-19(2)29(18)23-9-11-27(33)30-24(23)10-12-28(30)38-21-7-5-20(6-8-21)25-17-26(25)31(34)35;1-18-15-22(37-13-4-14-39(3,35)36)16-19(2)29(18)23-9-11-27(32)30-24(23)10-12-28(30)38-21-7-5-20(6-8-21)25-17-26(25)31(33)34;1-15-4-3-5-16(2)25(15)19-10-12-23(28)26-20(19)11-13-24(26)31-18-8-6-17(7-9-18)21-14-22(21)27(29)30/h5-9,11,13-14,24-25,27,38H,10,12,15-16H2,1-4H3,(H,34,35)(H,36,37);5-9,11,15-16,25-26,28,36H,10,12-14,17H2,1-4H3,(H,34,35);5-9,11,15-16,25-26,28H,4,10,12-14,17H2,1-3H3,(H,33,34);3-10,12,21-22,24H,11,13-14H2,1-2H3,(H,29,30)/t24-,25+,27-;2*25-,26+,28-;21?,22?,24-/m1111/s1. The summed E-state index contributed by atoms with van der Waals surface area (Å²) >= 11 is 0. The molecule has 768 valence electrons. The van der Waals surface area contributed by atoms with Gasteiger partial charge in [-0.25, -0.2) is 26.0 Å². The largest absolute Gasteiger partial charge is 0.494 e. The monoisotopic (exact) mass is 2020 g/mol. The van der Waals surface area contributed by atoms with Gasteiger partial charge in [-0.3, -0.25) is 24.0 Å². The van der Waals surface area contributed by atoms with Crippen LogP contribution in [0.3, 0.4) is 0 Å². The molecule has 12 aromatic rings. The summed E-state index contributed by atoms with van der Waals surface area (Å²) in [7, 11) is -3.02. The van der Waals surface area contributed by atoms with Gasteiger partial charge >= 0.3 is 23.9 Å². The molecule has 0 heterocycles. The fourth-order valence-corrected chi connectivity index (χ4v) is 22.9. The molecule has 1 amide bonds. The van der Waals surface area contributed by atoms with Crippen LogP contribution in [0.4, 0.5) is 17.6 Å². The predicted molar refractivity (Wildman–Crippen MR) is 557 cm³/mol. The molecule has 0 bridgehead atoms. The van der Waals surface area contributed by atoms with Gasteiger partial charge in [-0.05, 0) is 433 Å². The Morgan fingerprint density at radius 1 is 0.354 bits per heavy atom.